The van der Waals surface area contributed by atoms with Gasteiger partial charge in [0.2, 0.25) is 0 Å². The highest BCUT2D eigenvalue weighted by molar-refractivity contribution is 7.80. The van der Waals surface area contributed by atoms with Gasteiger partial charge in [0.15, 0.2) is 0 Å². The number of halogens is 3. The SMILES string of the molecule is N#Cc1cc(-c2ccc(C(F)(F)F)cc2)ccc1NS(=O)O. The summed E-state index contributed by atoms with van der Waals surface area (Å²) in [7, 11) is 0. The molecule has 2 N–H and O–H groups in total. The molecule has 0 aliphatic heterocycles. The van der Waals surface area contributed by atoms with E-state index in [2.05, 4.69) is 4.72 Å². The number of benzene rings is 2. The van der Waals surface area contributed by atoms with Crippen LogP contribution in [-0.4, -0.2) is 8.76 Å². The number of hydrogen-bond acceptors (Lipinski definition) is 2. The Morgan fingerprint density at radius 1 is 1.09 bits per heavy atom. The van der Waals surface area contributed by atoms with Crippen molar-refractivity contribution in [2.24, 2.45) is 0 Å². The van der Waals surface area contributed by atoms with E-state index in [4.69, 9.17) is 9.81 Å². The molecule has 2 rings (SSSR count). The Morgan fingerprint density at radius 2 is 1.68 bits per heavy atom. The Hall–Kier alpha value is -2.37. The van der Waals surface area contributed by atoms with Gasteiger partial charge in [0.05, 0.1) is 16.8 Å². The van der Waals surface area contributed by atoms with E-state index in [0.29, 0.717) is 11.1 Å². The minimum absolute atomic E-state index is 0.111. The van der Waals surface area contributed by atoms with Crippen LogP contribution in [0.1, 0.15) is 11.1 Å². The zero-order valence-corrected chi connectivity index (χ0v) is 11.7. The number of nitriles is 1. The third kappa shape index (κ3) is 3.63. The third-order valence-electron chi connectivity index (χ3n) is 2.88. The number of rotatable bonds is 3. The fourth-order valence-electron chi connectivity index (χ4n) is 1.85. The van der Waals surface area contributed by atoms with Crippen LogP contribution >= 0.6 is 0 Å². The van der Waals surface area contributed by atoms with Gasteiger partial charge in [-0.25, -0.2) is 4.21 Å². The highest BCUT2D eigenvalue weighted by atomic mass is 32.2. The van der Waals surface area contributed by atoms with Crippen molar-refractivity contribution in [3.8, 4) is 17.2 Å². The summed E-state index contributed by atoms with van der Waals surface area (Å²) in [5, 5.41) is 9.03. The van der Waals surface area contributed by atoms with Crippen molar-refractivity contribution in [1.82, 2.24) is 0 Å². The highest BCUT2D eigenvalue weighted by Crippen LogP contribution is 2.31. The summed E-state index contributed by atoms with van der Waals surface area (Å²) in [5.74, 6) is 0. The van der Waals surface area contributed by atoms with Gasteiger partial charge in [-0.1, -0.05) is 18.2 Å². The largest absolute Gasteiger partial charge is 0.416 e. The third-order valence-corrected chi connectivity index (χ3v) is 3.28. The average molecular weight is 326 g/mol. The summed E-state index contributed by atoms with van der Waals surface area (Å²) in [6, 6.07) is 10.8. The van der Waals surface area contributed by atoms with Crippen molar-refractivity contribution in [2.75, 3.05) is 4.72 Å². The molecule has 0 radical (unpaired) electrons. The molecular weight excluding hydrogens is 317 g/mol. The molecule has 0 aliphatic rings. The number of nitrogens with zero attached hydrogens (tertiary/aromatic N) is 1. The van der Waals surface area contributed by atoms with Crippen molar-refractivity contribution < 1.29 is 21.9 Å². The van der Waals surface area contributed by atoms with Crippen molar-refractivity contribution in [3.05, 3.63) is 53.6 Å². The van der Waals surface area contributed by atoms with Gasteiger partial charge in [0, 0.05) is 0 Å². The summed E-state index contributed by atoms with van der Waals surface area (Å²) >= 11 is -2.32. The van der Waals surface area contributed by atoms with Gasteiger partial charge >= 0.3 is 6.18 Å². The molecule has 114 valence electrons. The normalized spacial score (nSPS) is 12.5. The lowest BCUT2D eigenvalue weighted by atomic mass is 10.0. The summed E-state index contributed by atoms with van der Waals surface area (Å²) < 4.78 is 59.2. The molecule has 8 heteroatoms. The topological polar surface area (TPSA) is 73.1 Å². The number of anilines is 1. The summed E-state index contributed by atoms with van der Waals surface area (Å²) in [4.78, 5) is 0. The van der Waals surface area contributed by atoms with E-state index in [0.717, 1.165) is 12.1 Å². The standard InChI is InChI=1S/C14H9F3N2O2S/c15-14(16,17)12-4-1-9(2-5-12)10-3-6-13(19-22(20)21)11(7-10)8-18/h1-7,19H,(H,20,21). The van der Waals surface area contributed by atoms with Crippen LogP contribution in [0.2, 0.25) is 0 Å². The predicted octanol–water partition coefficient (Wildman–Crippen LogP) is 3.79. The van der Waals surface area contributed by atoms with Gasteiger partial charge in [0.25, 0.3) is 11.3 Å². The Labute approximate surface area is 126 Å². The zero-order chi connectivity index (χ0) is 16.3. The monoisotopic (exact) mass is 326 g/mol. The molecule has 0 spiro atoms. The quantitative estimate of drug-likeness (QED) is 0.843. The lowest BCUT2D eigenvalue weighted by molar-refractivity contribution is -0.137. The van der Waals surface area contributed by atoms with E-state index in [9.17, 15) is 17.4 Å². The lowest BCUT2D eigenvalue weighted by Crippen LogP contribution is -2.04. The second-order valence-electron chi connectivity index (χ2n) is 4.30. The molecule has 2 aromatic rings. The maximum Gasteiger partial charge on any atom is 0.416 e. The van der Waals surface area contributed by atoms with Crippen LogP contribution < -0.4 is 4.72 Å². The molecule has 2 aromatic carbocycles. The minimum Gasteiger partial charge on any atom is -0.289 e. The molecule has 1 unspecified atom stereocenters. The van der Waals surface area contributed by atoms with Crippen molar-refractivity contribution in [1.29, 1.82) is 5.26 Å². The average Bonchev–Trinajstić information content (AvgIpc) is 2.46. The molecule has 0 amide bonds. The van der Waals surface area contributed by atoms with Crippen molar-refractivity contribution >= 4 is 17.0 Å². The van der Waals surface area contributed by atoms with Crippen LogP contribution in [0.15, 0.2) is 42.5 Å². The minimum atomic E-state index is -4.41. The van der Waals surface area contributed by atoms with E-state index in [1.54, 1.807) is 6.07 Å². The van der Waals surface area contributed by atoms with Crippen LogP contribution in [-0.2, 0) is 17.4 Å². The molecule has 22 heavy (non-hydrogen) atoms. The van der Waals surface area contributed by atoms with E-state index < -0.39 is 23.0 Å². The molecule has 0 fully saturated rings. The first-order valence-corrected chi connectivity index (χ1v) is 7.01. The molecular formula is C14H9F3N2O2S. The highest BCUT2D eigenvalue weighted by Gasteiger charge is 2.29. The fraction of sp³-hybridized carbons (Fsp3) is 0.0714. The van der Waals surface area contributed by atoms with E-state index in [1.807, 2.05) is 6.07 Å². The molecule has 0 saturated carbocycles. The summed E-state index contributed by atoms with van der Waals surface area (Å²) in [5.41, 5.74) is 0.547. The first-order chi connectivity index (χ1) is 10.3. The predicted molar refractivity (Wildman–Crippen MR) is 76.0 cm³/mol. The smallest absolute Gasteiger partial charge is 0.289 e. The van der Waals surface area contributed by atoms with E-state index in [-0.39, 0.29) is 11.3 Å². The van der Waals surface area contributed by atoms with Crippen LogP contribution in [0, 0.1) is 11.3 Å². The van der Waals surface area contributed by atoms with Crippen LogP contribution in [0.4, 0.5) is 18.9 Å². The van der Waals surface area contributed by atoms with Gasteiger partial charge < -0.3 is 0 Å². The first kappa shape index (κ1) is 16.0. The Kier molecular flexibility index (Phi) is 4.49. The molecule has 4 nitrogen and oxygen atoms in total. The van der Waals surface area contributed by atoms with Gasteiger partial charge in [-0.2, -0.15) is 18.4 Å². The Balaban J connectivity index is 2.37. The molecule has 0 aliphatic carbocycles. The van der Waals surface area contributed by atoms with Crippen molar-refractivity contribution in [2.45, 2.75) is 6.18 Å². The maximum atomic E-state index is 12.5. The second kappa shape index (κ2) is 6.17. The Morgan fingerprint density at radius 3 is 2.18 bits per heavy atom. The molecule has 0 saturated heterocycles. The van der Waals surface area contributed by atoms with Gasteiger partial charge in [0.1, 0.15) is 6.07 Å². The van der Waals surface area contributed by atoms with E-state index in [1.165, 1.54) is 24.3 Å². The number of hydrogen-bond donors (Lipinski definition) is 2. The lowest BCUT2D eigenvalue weighted by Gasteiger charge is -2.09. The van der Waals surface area contributed by atoms with Crippen LogP contribution in [0.5, 0.6) is 0 Å². The Bertz CT molecular complexity index is 752. The summed E-state index contributed by atoms with van der Waals surface area (Å²) in [6.45, 7) is 0. The van der Waals surface area contributed by atoms with E-state index >= 15 is 0 Å². The number of alkyl halides is 3. The van der Waals surface area contributed by atoms with Gasteiger partial charge in [-0.15, -0.1) is 0 Å². The maximum absolute atomic E-state index is 12.5. The molecule has 1 atom stereocenters. The second-order valence-corrected chi connectivity index (χ2v) is 5.00. The van der Waals surface area contributed by atoms with Crippen molar-refractivity contribution in [3.63, 3.8) is 0 Å². The summed E-state index contributed by atoms with van der Waals surface area (Å²) in [6.07, 6.45) is -4.41. The van der Waals surface area contributed by atoms with Crippen LogP contribution in [0.3, 0.4) is 0 Å². The van der Waals surface area contributed by atoms with Gasteiger partial charge in [-0.05, 0) is 35.4 Å². The molecule has 0 aromatic heterocycles. The zero-order valence-electron chi connectivity index (χ0n) is 10.9. The molecule has 0 bridgehead atoms. The van der Waals surface area contributed by atoms with Gasteiger partial charge in [-0.3, -0.25) is 9.27 Å². The molecule has 0 heterocycles. The fourth-order valence-corrected chi connectivity index (χ4v) is 2.22. The first-order valence-electron chi connectivity index (χ1n) is 5.90. The van der Waals surface area contributed by atoms with Crippen LogP contribution in [0.25, 0.3) is 11.1 Å². The number of nitrogens with one attached hydrogen (secondary N) is 1.